The Morgan fingerprint density at radius 2 is 2.33 bits per heavy atom. The maximum absolute atomic E-state index is 5.28. The molecule has 0 saturated carbocycles. The third-order valence-corrected chi connectivity index (χ3v) is 0.756. The van der Waals surface area contributed by atoms with Crippen LogP contribution in [0.2, 0.25) is 0 Å². The fourth-order valence-electron chi connectivity index (χ4n) is 0.256. The smallest absolute Gasteiger partial charge is 0.193 e. The molecule has 50 valence electrons. The van der Waals surface area contributed by atoms with Gasteiger partial charge in [-0.3, -0.25) is 0 Å². The van der Waals surface area contributed by atoms with Crippen molar-refractivity contribution in [3.05, 3.63) is 24.9 Å². The van der Waals surface area contributed by atoms with Crippen molar-refractivity contribution in [3.63, 3.8) is 0 Å². The van der Waals surface area contributed by atoms with E-state index in [0.29, 0.717) is 11.7 Å². The second kappa shape index (κ2) is 3.72. The summed E-state index contributed by atoms with van der Waals surface area (Å²) in [5.41, 5.74) is 5.84. The summed E-state index contributed by atoms with van der Waals surface area (Å²) in [6.07, 6.45) is 1.53. The molecule has 0 aromatic heterocycles. The molecule has 0 fully saturated rings. The van der Waals surface area contributed by atoms with E-state index in [2.05, 4.69) is 23.5 Å². The molecule has 0 amide bonds. The minimum absolute atomic E-state index is 0.347. The van der Waals surface area contributed by atoms with Crippen molar-refractivity contribution >= 4 is 5.96 Å². The van der Waals surface area contributed by atoms with Gasteiger partial charge in [0.25, 0.3) is 0 Å². The minimum atomic E-state index is 0.347. The fourth-order valence-corrected chi connectivity index (χ4v) is 0.256. The molecule has 0 atom stereocenters. The second-order valence-corrected chi connectivity index (χ2v) is 1.44. The largest absolute Gasteiger partial charge is 0.370 e. The molecule has 0 saturated heterocycles. The number of hydrogen-bond acceptors (Lipinski definition) is 1. The number of nitrogens with two attached hydrogens (primary N) is 1. The van der Waals surface area contributed by atoms with Crippen molar-refractivity contribution in [3.8, 4) is 0 Å². The first-order valence-corrected chi connectivity index (χ1v) is 2.54. The lowest BCUT2D eigenvalue weighted by atomic mass is 10.5. The summed E-state index contributed by atoms with van der Waals surface area (Å²) in [5, 5.41) is 2.65. The molecule has 0 aromatic carbocycles. The average molecular weight is 125 g/mol. The number of guanidine groups is 1. The van der Waals surface area contributed by atoms with Crippen LogP contribution in [0.15, 0.2) is 29.9 Å². The zero-order chi connectivity index (χ0) is 7.28. The normalized spacial score (nSPS) is 10.6. The predicted molar refractivity (Wildman–Crippen MR) is 40.0 cm³/mol. The van der Waals surface area contributed by atoms with Gasteiger partial charge < -0.3 is 11.1 Å². The van der Waals surface area contributed by atoms with Crippen LogP contribution in [0.1, 0.15) is 0 Å². The Bertz CT molecular complexity index is 146. The highest BCUT2D eigenvalue weighted by Crippen LogP contribution is 1.89. The maximum Gasteiger partial charge on any atom is 0.193 e. The van der Waals surface area contributed by atoms with Crippen LogP contribution in [0.3, 0.4) is 0 Å². The molecular weight excluding hydrogens is 114 g/mol. The highest BCUT2D eigenvalue weighted by Gasteiger charge is 1.83. The van der Waals surface area contributed by atoms with Crippen LogP contribution in [0.25, 0.3) is 0 Å². The maximum atomic E-state index is 5.28. The Morgan fingerprint density at radius 3 is 2.67 bits per heavy atom. The zero-order valence-corrected chi connectivity index (χ0v) is 5.52. The molecule has 0 aliphatic rings. The van der Waals surface area contributed by atoms with E-state index in [0.717, 1.165) is 0 Å². The summed E-state index contributed by atoms with van der Waals surface area (Å²) in [7, 11) is 1.69. The van der Waals surface area contributed by atoms with E-state index in [1.165, 1.54) is 6.08 Å². The van der Waals surface area contributed by atoms with Gasteiger partial charge in [-0.05, 0) is 6.08 Å². The van der Waals surface area contributed by atoms with E-state index in [1.807, 2.05) is 0 Å². The molecule has 3 heteroatoms. The van der Waals surface area contributed by atoms with Crippen molar-refractivity contribution in [2.24, 2.45) is 10.7 Å². The Kier molecular flexibility index (Phi) is 3.20. The van der Waals surface area contributed by atoms with Gasteiger partial charge in [0, 0.05) is 7.05 Å². The molecule has 3 N–H and O–H groups in total. The number of hydrogen-bond donors (Lipinski definition) is 2. The summed E-state index contributed by atoms with van der Waals surface area (Å²) in [6.45, 7) is 6.99. The topological polar surface area (TPSA) is 50.4 Å². The molecule has 9 heavy (non-hydrogen) atoms. The van der Waals surface area contributed by atoms with Crippen LogP contribution < -0.4 is 11.1 Å². The highest BCUT2D eigenvalue weighted by atomic mass is 15.1. The van der Waals surface area contributed by atoms with Gasteiger partial charge in [0.15, 0.2) is 5.96 Å². The van der Waals surface area contributed by atoms with Gasteiger partial charge in [-0.25, -0.2) is 4.99 Å². The first-order valence-electron chi connectivity index (χ1n) is 2.54. The van der Waals surface area contributed by atoms with E-state index in [-0.39, 0.29) is 0 Å². The van der Waals surface area contributed by atoms with Crippen LogP contribution in [0, 0.1) is 0 Å². The van der Waals surface area contributed by atoms with Gasteiger partial charge >= 0.3 is 0 Å². The molecule has 3 nitrogen and oxygen atoms in total. The highest BCUT2D eigenvalue weighted by molar-refractivity contribution is 5.78. The Morgan fingerprint density at radius 1 is 1.78 bits per heavy atom. The molecule has 0 unspecified atom stereocenters. The van der Waals surface area contributed by atoms with E-state index in [1.54, 1.807) is 7.05 Å². The fraction of sp³-hybridized carbons (Fsp3) is 0.167. The molecule has 0 aliphatic carbocycles. The first kappa shape index (κ1) is 7.75. The second-order valence-electron chi connectivity index (χ2n) is 1.44. The molecule has 0 radical (unpaired) electrons. The predicted octanol–water partition coefficient (Wildman–Crippen LogP) is 0.220. The number of nitrogens with zero attached hydrogens (tertiary/aromatic N) is 1. The van der Waals surface area contributed by atoms with Crippen molar-refractivity contribution in [1.82, 2.24) is 5.32 Å². The Labute approximate surface area is 55.0 Å². The zero-order valence-electron chi connectivity index (χ0n) is 5.52. The van der Waals surface area contributed by atoms with E-state index < -0.39 is 0 Å². The van der Waals surface area contributed by atoms with Crippen molar-refractivity contribution in [2.45, 2.75) is 0 Å². The summed E-state index contributed by atoms with van der Waals surface area (Å²) in [5.74, 6) is 0.347. The molecule has 0 heterocycles. The number of allylic oxidation sites excluding steroid dienone is 1. The molecule has 0 aliphatic heterocycles. The van der Waals surface area contributed by atoms with E-state index >= 15 is 0 Å². The van der Waals surface area contributed by atoms with Crippen LogP contribution in [0.4, 0.5) is 0 Å². The molecular formula is C6H11N3. The van der Waals surface area contributed by atoms with E-state index in [9.17, 15) is 0 Å². The third kappa shape index (κ3) is 3.34. The molecule has 0 bridgehead atoms. The SMILES string of the molecule is C=CC(=C)/N=C(/N)NC. The first-order chi connectivity index (χ1) is 4.20. The van der Waals surface area contributed by atoms with Gasteiger partial charge in [-0.2, -0.15) is 0 Å². The van der Waals surface area contributed by atoms with Crippen LogP contribution >= 0.6 is 0 Å². The number of aliphatic imine (C=N–C) groups is 1. The monoisotopic (exact) mass is 125 g/mol. The standard InChI is InChI=1S/C6H11N3/c1-4-5(2)9-6(7)8-3/h4H,1-2H2,3H3,(H3,7,8,9). The summed E-state index contributed by atoms with van der Waals surface area (Å²) in [6, 6.07) is 0. The van der Waals surface area contributed by atoms with Gasteiger partial charge in [0.1, 0.15) is 0 Å². The van der Waals surface area contributed by atoms with Gasteiger partial charge in [-0.1, -0.05) is 13.2 Å². The van der Waals surface area contributed by atoms with E-state index in [4.69, 9.17) is 5.73 Å². The Balaban J connectivity index is 3.94. The third-order valence-electron chi connectivity index (χ3n) is 0.756. The van der Waals surface area contributed by atoms with Crippen molar-refractivity contribution < 1.29 is 0 Å². The van der Waals surface area contributed by atoms with Crippen molar-refractivity contribution in [1.29, 1.82) is 0 Å². The Hall–Kier alpha value is -1.25. The van der Waals surface area contributed by atoms with Crippen LogP contribution in [0.5, 0.6) is 0 Å². The van der Waals surface area contributed by atoms with Crippen LogP contribution in [-0.2, 0) is 0 Å². The van der Waals surface area contributed by atoms with Crippen LogP contribution in [-0.4, -0.2) is 13.0 Å². The lowest BCUT2D eigenvalue weighted by molar-refractivity contribution is 1.13. The average Bonchev–Trinajstić information content (AvgIpc) is 1.87. The molecule has 0 aromatic rings. The van der Waals surface area contributed by atoms with Gasteiger partial charge in [0.2, 0.25) is 0 Å². The molecule has 0 spiro atoms. The minimum Gasteiger partial charge on any atom is -0.370 e. The summed E-state index contributed by atoms with van der Waals surface area (Å²) >= 11 is 0. The lowest BCUT2D eigenvalue weighted by Crippen LogP contribution is -2.27. The van der Waals surface area contributed by atoms with Gasteiger partial charge in [0.05, 0.1) is 5.70 Å². The molecule has 0 rings (SSSR count). The quantitative estimate of drug-likeness (QED) is 0.315. The number of rotatable bonds is 2. The lowest BCUT2D eigenvalue weighted by Gasteiger charge is -1.95. The summed E-state index contributed by atoms with van der Waals surface area (Å²) < 4.78 is 0. The summed E-state index contributed by atoms with van der Waals surface area (Å²) in [4.78, 5) is 3.78. The number of nitrogens with one attached hydrogen (secondary N) is 1. The van der Waals surface area contributed by atoms with Gasteiger partial charge in [-0.15, -0.1) is 0 Å². The van der Waals surface area contributed by atoms with Crippen molar-refractivity contribution in [2.75, 3.05) is 7.05 Å².